The monoisotopic (exact) mass is 324 g/mol. The molecule has 1 saturated carbocycles. The second-order valence-electron chi connectivity index (χ2n) is 6.00. The third-order valence-corrected chi connectivity index (χ3v) is 4.31. The van der Waals surface area contributed by atoms with Crippen molar-refractivity contribution >= 4 is 5.97 Å². The molecule has 0 amide bonds. The van der Waals surface area contributed by atoms with Gasteiger partial charge in [0.1, 0.15) is 11.9 Å². The molecular formula is C17H18F2O4. The fourth-order valence-corrected chi connectivity index (χ4v) is 3.18. The van der Waals surface area contributed by atoms with Crippen molar-refractivity contribution in [2.75, 3.05) is 6.61 Å². The Morgan fingerprint density at radius 3 is 2.83 bits per heavy atom. The van der Waals surface area contributed by atoms with Gasteiger partial charge in [-0.1, -0.05) is 24.3 Å². The summed E-state index contributed by atoms with van der Waals surface area (Å²) in [5.41, 5.74) is 0. The summed E-state index contributed by atoms with van der Waals surface area (Å²) in [6.45, 7) is -0.778. The SMILES string of the molecule is O=C1C[C@@H]2[C@@H](/C=C\C(F)(F)COc3ccccc3)[C@H](O)C[C@@H]2O1. The lowest BCUT2D eigenvalue weighted by Crippen LogP contribution is -2.25. The lowest BCUT2D eigenvalue weighted by Gasteiger charge is -2.17. The summed E-state index contributed by atoms with van der Waals surface area (Å²) in [4.78, 5) is 11.3. The summed E-state index contributed by atoms with van der Waals surface area (Å²) in [5, 5.41) is 9.97. The Hall–Kier alpha value is -1.95. The fraction of sp³-hybridized carbons (Fsp3) is 0.471. The highest BCUT2D eigenvalue weighted by atomic mass is 19.3. The third-order valence-electron chi connectivity index (χ3n) is 4.31. The van der Waals surface area contributed by atoms with Crippen molar-refractivity contribution in [1.82, 2.24) is 0 Å². The average molecular weight is 324 g/mol. The van der Waals surface area contributed by atoms with E-state index in [1.54, 1.807) is 30.3 Å². The molecule has 0 spiro atoms. The van der Waals surface area contributed by atoms with Crippen molar-refractivity contribution in [3.05, 3.63) is 42.5 Å². The zero-order valence-electron chi connectivity index (χ0n) is 12.4. The van der Waals surface area contributed by atoms with Crippen LogP contribution in [0.2, 0.25) is 0 Å². The lowest BCUT2D eigenvalue weighted by atomic mass is 9.91. The maximum absolute atomic E-state index is 13.9. The van der Waals surface area contributed by atoms with Gasteiger partial charge in [0.05, 0.1) is 12.5 Å². The second kappa shape index (κ2) is 6.28. The highest BCUT2D eigenvalue weighted by molar-refractivity contribution is 5.72. The maximum Gasteiger partial charge on any atom is 0.306 e. The first-order valence-electron chi connectivity index (χ1n) is 7.57. The number of para-hydroxylation sites is 1. The van der Waals surface area contributed by atoms with Crippen molar-refractivity contribution in [1.29, 1.82) is 0 Å². The molecule has 1 aromatic rings. The second-order valence-corrected chi connectivity index (χ2v) is 6.00. The Bertz CT molecular complexity index is 588. The first-order chi connectivity index (χ1) is 10.9. The van der Waals surface area contributed by atoms with Gasteiger partial charge in [0.2, 0.25) is 0 Å². The van der Waals surface area contributed by atoms with E-state index >= 15 is 0 Å². The van der Waals surface area contributed by atoms with Crippen molar-refractivity contribution in [2.45, 2.75) is 31.0 Å². The van der Waals surface area contributed by atoms with Crippen LogP contribution in [0.25, 0.3) is 0 Å². The van der Waals surface area contributed by atoms with Gasteiger partial charge in [-0.2, -0.15) is 8.78 Å². The van der Waals surface area contributed by atoms with Crippen LogP contribution < -0.4 is 4.74 Å². The molecule has 2 aliphatic rings. The van der Waals surface area contributed by atoms with E-state index in [1.807, 2.05) is 0 Å². The van der Waals surface area contributed by atoms with Gasteiger partial charge in [0.25, 0.3) is 5.92 Å². The highest BCUT2D eigenvalue weighted by Crippen LogP contribution is 2.42. The van der Waals surface area contributed by atoms with Gasteiger partial charge in [0.15, 0.2) is 6.61 Å². The van der Waals surface area contributed by atoms with E-state index in [2.05, 4.69) is 0 Å². The van der Waals surface area contributed by atoms with E-state index in [4.69, 9.17) is 9.47 Å². The van der Waals surface area contributed by atoms with Gasteiger partial charge in [-0.3, -0.25) is 4.79 Å². The molecule has 0 bridgehead atoms. The van der Waals surface area contributed by atoms with Crippen LogP contribution in [0.3, 0.4) is 0 Å². The van der Waals surface area contributed by atoms with Crippen molar-refractivity contribution in [2.24, 2.45) is 11.8 Å². The first kappa shape index (κ1) is 15.9. The topological polar surface area (TPSA) is 55.8 Å². The van der Waals surface area contributed by atoms with Gasteiger partial charge in [-0.05, 0) is 18.2 Å². The molecule has 1 saturated heterocycles. The maximum atomic E-state index is 13.9. The number of hydrogen-bond acceptors (Lipinski definition) is 4. The van der Waals surface area contributed by atoms with Gasteiger partial charge >= 0.3 is 5.97 Å². The van der Waals surface area contributed by atoms with Gasteiger partial charge < -0.3 is 14.6 Å². The van der Waals surface area contributed by atoms with E-state index in [1.165, 1.54) is 6.08 Å². The number of aliphatic hydroxyl groups excluding tert-OH is 1. The van der Waals surface area contributed by atoms with Crippen molar-refractivity contribution < 1.29 is 28.2 Å². The van der Waals surface area contributed by atoms with Gasteiger partial charge in [0, 0.05) is 18.3 Å². The molecule has 0 unspecified atom stereocenters. The highest BCUT2D eigenvalue weighted by Gasteiger charge is 2.48. The van der Waals surface area contributed by atoms with E-state index in [0.717, 1.165) is 6.08 Å². The molecule has 4 atom stereocenters. The summed E-state index contributed by atoms with van der Waals surface area (Å²) < 4.78 is 38.0. The van der Waals surface area contributed by atoms with E-state index in [9.17, 15) is 18.7 Å². The van der Waals surface area contributed by atoms with E-state index < -0.39 is 24.6 Å². The summed E-state index contributed by atoms with van der Waals surface area (Å²) in [7, 11) is 0. The summed E-state index contributed by atoms with van der Waals surface area (Å²) >= 11 is 0. The molecule has 1 aliphatic carbocycles. The van der Waals surface area contributed by atoms with Crippen LogP contribution in [-0.4, -0.2) is 35.8 Å². The molecule has 6 heteroatoms. The minimum absolute atomic E-state index is 0.169. The number of rotatable bonds is 5. The molecule has 1 N–H and O–H groups in total. The number of benzene rings is 1. The average Bonchev–Trinajstić information content (AvgIpc) is 2.99. The molecule has 23 heavy (non-hydrogen) atoms. The zero-order chi connectivity index (χ0) is 16.4. The van der Waals surface area contributed by atoms with Gasteiger partial charge in [-0.15, -0.1) is 0 Å². The van der Waals surface area contributed by atoms with Crippen LogP contribution in [0, 0.1) is 11.8 Å². The van der Waals surface area contributed by atoms with Crippen LogP contribution in [0.4, 0.5) is 8.78 Å². The van der Waals surface area contributed by atoms with E-state index in [-0.39, 0.29) is 24.4 Å². The minimum atomic E-state index is -3.16. The number of carbonyl (C=O) groups is 1. The third kappa shape index (κ3) is 3.69. The van der Waals surface area contributed by atoms with Crippen LogP contribution in [-0.2, 0) is 9.53 Å². The molecule has 3 rings (SSSR count). The molecule has 0 radical (unpaired) electrons. The predicted octanol–water partition coefficient (Wildman–Crippen LogP) is 2.57. The van der Waals surface area contributed by atoms with Crippen molar-refractivity contribution in [3.8, 4) is 5.75 Å². The van der Waals surface area contributed by atoms with Crippen LogP contribution in [0.15, 0.2) is 42.5 Å². The Kier molecular flexibility index (Phi) is 4.35. The number of esters is 1. The smallest absolute Gasteiger partial charge is 0.306 e. The number of hydrogen-bond donors (Lipinski definition) is 1. The largest absolute Gasteiger partial charge is 0.487 e. The quantitative estimate of drug-likeness (QED) is 0.668. The van der Waals surface area contributed by atoms with Crippen LogP contribution in [0.1, 0.15) is 12.8 Å². The number of ether oxygens (including phenoxy) is 2. The number of carbonyl (C=O) groups excluding carboxylic acids is 1. The van der Waals surface area contributed by atoms with Crippen molar-refractivity contribution in [3.63, 3.8) is 0 Å². The van der Waals surface area contributed by atoms with E-state index in [0.29, 0.717) is 12.2 Å². The Morgan fingerprint density at radius 2 is 2.09 bits per heavy atom. The van der Waals surface area contributed by atoms with Crippen LogP contribution in [0.5, 0.6) is 5.75 Å². The number of aliphatic hydroxyl groups is 1. The normalized spacial score (nSPS) is 30.5. The molecule has 4 nitrogen and oxygen atoms in total. The Labute approximate surface area is 132 Å². The molecule has 1 aromatic carbocycles. The van der Waals surface area contributed by atoms with Crippen LogP contribution >= 0.6 is 0 Å². The molecule has 2 fully saturated rings. The summed E-state index contributed by atoms with van der Waals surface area (Å²) in [5.74, 6) is -3.83. The summed E-state index contributed by atoms with van der Waals surface area (Å²) in [6, 6.07) is 8.39. The van der Waals surface area contributed by atoms with Gasteiger partial charge in [-0.25, -0.2) is 0 Å². The minimum Gasteiger partial charge on any atom is -0.487 e. The Morgan fingerprint density at radius 1 is 1.35 bits per heavy atom. The predicted molar refractivity (Wildman–Crippen MR) is 78.1 cm³/mol. The lowest BCUT2D eigenvalue weighted by molar-refractivity contribution is -0.141. The molecule has 1 aliphatic heterocycles. The molecule has 0 aromatic heterocycles. The molecular weight excluding hydrogens is 306 g/mol. The zero-order valence-corrected chi connectivity index (χ0v) is 12.4. The first-order valence-corrected chi connectivity index (χ1v) is 7.57. The number of halogens is 2. The Balaban J connectivity index is 1.60. The molecule has 124 valence electrons. The number of fused-ring (bicyclic) bond motifs is 1. The number of alkyl halides is 2. The molecule has 1 heterocycles. The summed E-state index contributed by atoms with van der Waals surface area (Å²) in [6.07, 6.45) is 1.41. The fourth-order valence-electron chi connectivity index (χ4n) is 3.18. The standard InChI is InChI=1S/C17H18F2O4/c18-17(19,10-22-11-4-2-1-3-5-11)7-6-12-13-8-16(21)23-15(13)9-14(12)20/h1-7,12-15,20H,8-10H2/b7-6-/t12-,13-,14-,15+/m1/s1.